The zero-order valence-electron chi connectivity index (χ0n) is 20.0. The first kappa shape index (κ1) is 22.3. The second-order valence-electron chi connectivity index (χ2n) is 11.4. The minimum atomic E-state index is 0.229. The van der Waals surface area contributed by atoms with Crippen LogP contribution in [0.15, 0.2) is 24.3 Å². The Morgan fingerprint density at radius 3 is 2.45 bits per heavy atom. The third-order valence-electron chi connectivity index (χ3n) is 9.18. The number of hydrogen-bond donors (Lipinski definition) is 0. The van der Waals surface area contributed by atoms with E-state index < -0.39 is 0 Å². The lowest BCUT2D eigenvalue weighted by molar-refractivity contribution is -0.384. The Kier molecular flexibility index (Phi) is 6.92. The lowest BCUT2D eigenvalue weighted by Crippen LogP contribution is -2.49. The molecule has 1 aliphatic heterocycles. The fourth-order valence-corrected chi connectivity index (χ4v) is 7.69. The van der Waals surface area contributed by atoms with Crippen LogP contribution in [0.4, 0.5) is 0 Å². The van der Waals surface area contributed by atoms with Crippen molar-refractivity contribution in [2.45, 2.75) is 75.9 Å². The Morgan fingerprint density at radius 1 is 0.879 bits per heavy atom. The number of morpholine rings is 1. The second-order valence-corrected chi connectivity index (χ2v) is 11.4. The van der Waals surface area contributed by atoms with E-state index in [1.54, 1.807) is 0 Å². The molecule has 2 atom stereocenters. The molecule has 6 aliphatic rings. The quantitative estimate of drug-likeness (QED) is 0.398. The molecule has 5 aliphatic carbocycles. The lowest BCUT2D eigenvalue weighted by atomic mass is 9.55. The van der Waals surface area contributed by atoms with E-state index in [4.69, 9.17) is 19.2 Å². The van der Waals surface area contributed by atoms with Gasteiger partial charge in [-0.15, -0.1) is 0 Å². The van der Waals surface area contributed by atoms with Gasteiger partial charge < -0.3 is 9.47 Å². The van der Waals surface area contributed by atoms with Crippen molar-refractivity contribution in [3.8, 4) is 5.75 Å². The van der Waals surface area contributed by atoms with Crippen LogP contribution in [0, 0.1) is 23.7 Å². The highest BCUT2D eigenvalue weighted by atomic mass is 17.2. The maximum atomic E-state index is 6.24. The van der Waals surface area contributed by atoms with Crippen LogP contribution in [-0.2, 0) is 14.5 Å². The monoisotopic (exact) mass is 455 g/mol. The molecule has 1 aromatic rings. The Bertz CT molecular complexity index is 751. The van der Waals surface area contributed by atoms with E-state index in [0.29, 0.717) is 12.0 Å². The Morgan fingerprint density at radius 2 is 1.67 bits per heavy atom. The fourth-order valence-electron chi connectivity index (χ4n) is 7.69. The van der Waals surface area contributed by atoms with E-state index in [9.17, 15) is 0 Å². The Labute approximate surface area is 199 Å². The van der Waals surface area contributed by atoms with Gasteiger partial charge in [-0.3, -0.25) is 4.90 Å². The van der Waals surface area contributed by atoms with Gasteiger partial charge in [-0.25, -0.2) is 9.78 Å². The number of benzene rings is 1. The van der Waals surface area contributed by atoms with E-state index in [-0.39, 0.29) is 6.10 Å². The summed E-state index contributed by atoms with van der Waals surface area (Å²) in [4.78, 5) is 14.8. The predicted octanol–water partition coefficient (Wildman–Crippen LogP) is 5.20. The van der Waals surface area contributed by atoms with E-state index >= 15 is 0 Å². The maximum Gasteiger partial charge on any atom is 0.119 e. The zero-order valence-corrected chi connectivity index (χ0v) is 20.0. The molecule has 6 fully saturated rings. The van der Waals surface area contributed by atoms with Crippen LogP contribution >= 0.6 is 0 Å². The summed E-state index contributed by atoms with van der Waals surface area (Å²) in [6.45, 7) is 5.41. The number of hydrogen-bond acceptors (Lipinski definition) is 5. The number of rotatable bonds is 8. The molecule has 1 heterocycles. The first-order valence-corrected chi connectivity index (χ1v) is 13.6. The Hall–Kier alpha value is -1.14. The van der Waals surface area contributed by atoms with Crippen molar-refractivity contribution in [3.05, 3.63) is 29.8 Å². The molecule has 0 aromatic heterocycles. The molecule has 33 heavy (non-hydrogen) atoms. The summed E-state index contributed by atoms with van der Waals surface area (Å²) < 4.78 is 11.5. The largest absolute Gasteiger partial charge is 0.492 e. The molecule has 1 aromatic carbocycles. The first-order valence-electron chi connectivity index (χ1n) is 13.6. The highest BCUT2D eigenvalue weighted by molar-refractivity contribution is 5.31. The topological polar surface area (TPSA) is 40.2 Å². The normalized spacial score (nSPS) is 38.5. The predicted molar refractivity (Wildman–Crippen MR) is 127 cm³/mol. The third kappa shape index (κ3) is 5.27. The molecule has 0 amide bonds. The molecule has 1 saturated heterocycles. The van der Waals surface area contributed by atoms with Crippen molar-refractivity contribution < 1.29 is 19.2 Å². The van der Waals surface area contributed by atoms with Gasteiger partial charge >= 0.3 is 0 Å². The second kappa shape index (κ2) is 10.2. The summed E-state index contributed by atoms with van der Waals surface area (Å²) in [6, 6.07) is 8.76. The molecule has 182 valence electrons. The van der Waals surface area contributed by atoms with Gasteiger partial charge in [0.2, 0.25) is 0 Å². The Balaban J connectivity index is 0.991. The van der Waals surface area contributed by atoms with E-state index in [1.807, 2.05) is 0 Å². The molecule has 5 heteroatoms. The maximum absolute atomic E-state index is 6.24. The van der Waals surface area contributed by atoms with Crippen molar-refractivity contribution >= 4 is 0 Å². The highest BCUT2D eigenvalue weighted by Crippen LogP contribution is 2.54. The van der Waals surface area contributed by atoms with Crippen LogP contribution in [0.2, 0.25) is 0 Å². The van der Waals surface area contributed by atoms with Gasteiger partial charge in [0.1, 0.15) is 12.4 Å². The standard InChI is InChI=1S/C28H41NO4/c1-3-22(18-26(5-1)31-12-9-29-7-10-30-11-8-29)23-4-2-6-27(19-23)32-33-28-24-14-20-13-21(16-24)17-25(28)15-20/h1,3,5,18,20-21,23-25,27-28H,2,4,6-17,19H2. The van der Waals surface area contributed by atoms with Gasteiger partial charge in [0.25, 0.3) is 0 Å². The van der Waals surface area contributed by atoms with Crippen LogP contribution in [0.5, 0.6) is 5.75 Å². The summed E-state index contributed by atoms with van der Waals surface area (Å²) in [5.74, 6) is 5.01. The van der Waals surface area contributed by atoms with Gasteiger partial charge in [0.15, 0.2) is 0 Å². The van der Waals surface area contributed by atoms with Crippen molar-refractivity contribution in [3.63, 3.8) is 0 Å². The SMILES string of the molecule is c1cc(OCCN2CCOCC2)cc(C2CCCC(OOC3C4CC5CC(C4)CC3C5)C2)c1. The lowest BCUT2D eigenvalue weighted by Gasteiger charge is -2.53. The molecule has 5 saturated carbocycles. The van der Waals surface area contributed by atoms with E-state index in [1.165, 1.54) is 50.5 Å². The van der Waals surface area contributed by atoms with Gasteiger partial charge in [-0.2, -0.15) is 0 Å². The number of ether oxygens (including phenoxy) is 2. The molecule has 2 unspecified atom stereocenters. The molecule has 0 spiro atoms. The van der Waals surface area contributed by atoms with Crippen molar-refractivity contribution in [1.29, 1.82) is 0 Å². The zero-order chi connectivity index (χ0) is 22.0. The van der Waals surface area contributed by atoms with Crippen LogP contribution < -0.4 is 4.74 Å². The van der Waals surface area contributed by atoms with Crippen LogP contribution in [0.1, 0.15) is 69.3 Å². The van der Waals surface area contributed by atoms with Crippen molar-refractivity contribution in [2.24, 2.45) is 23.7 Å². The van der Waals surface area contributed by atoms with Crippen molar-refractivity contribution in [1.82, 2.24) is 4.90 Å². The summed E-state index contributed by atoms with van der Waals surface area (Å²) in [7, 11) is 0. The minimum absolute atomic E-state index is 0.229. The van der Waals surface area contributed by atoms with Gasteiger partial charge in [-0.05, 0) is 98.7 Å². The summed E-state index contributed by atoms with van der Waals surface area (Å²) in [6.07, 6.45) is 12.2. The van der Waals surface area contributed by atoms with Crippen LogP contribution in [0.3, 0.4) is 0 Å². The molecule has 0 radical (unpaired) electrons. The number of nitrogens with zero attached hydrogens (tertiary/aromatic N) is 1. The molecule has 7 rings (SSSR count). The average Bonchev–Trinajstić information content (AvgIpc) is 2.84. The molecular formula is C28H41NO4. The third-order valence-corrected chi connectivity index (χ3v) is 9.18. The van der Waals surface area contributed by atoms with Gasteiger partial charge in [0.05, 0.1) is 25.4 Å². The summed E-state index contributed by atoms with van der Waals surface area (Å²) in [5, 5.41) is 0. The van der Waals surface area contributed by atoms with E-state index in [2.05, 4.69) is 29.2 Å². The first-order chi connectivity index (χ1) is 16.3. The summed E-state index contributed by atoms with van der Waals surface area (Å²) >= 11 is 0. The molecule has 0 N–H and O–H groups in total. The minimum Gasteiger partial charge on any atom is -0.492 e. The average molecular weight is 456 g/mol. The van der Waals surface area contributed by atoms with Gasteiger partial charge in [-0.1, -0.05) is 18.6 Å². The van der Waals surface area contributed by atoms with Crippen LogP contribution in [-0.4, -0.2) is 56.6 Å². The van der Waals surface area contributed by atoms with E-state index in [0.717, 1.165) is 81.7 Å². The molecular weight excluding hydrogens is 414 g/mol. The molecule has 4 bridgehead atoms. The summed E-state index contributed by atoms with van der Waals surface area (Å²) in [5.41, 5.74) is 1.39. The smallest absolute Gasteiger partial charge is 0.119 e. The van der Waals surface area contributed by atoms with Crippen LogP contribution in [0.25, 0.3) is 0 Å². The van der Waals surface area contributed by atoms with Gasteiger partial charge in [0, 0.05) is 19.6 Å². The van der Waals surface area contributed by atoms with Crippen molar-refractivity contribution in [2.75, 3.05) is 39.5 Å². The fraction of sp³-hybridized carbons (Fsp3) is 0.786. The molecule has 5 nitrogen and oxygen atoms in total. The highest BCUT2D eigenvalue weighted by Gasteiger charge is 2.49.